The minimum Gasteiger partial charge on any atom is -0.326 e. The lowest BCUT2D eigenvalue weighted by Crippen LogP contribution is -2.27. The Labute approximate surface area is 108 Å². The maximum absolute atomic E-state index is 11.9. The summed E-state index contributed by atoms with van der Waals surface area (Å²) in [5.41, 5.74) is 1.91. The number of nitrogens with one attached hydrogen (secondary N) is 2. The molecular weight excluding hydrogens is 228 g/mol. The molecule has 0 saturated heterocycles. The summed E-state index contributed by atoms with van der Waals surface area (Å²) >= 11 is 0. The van der Waals surface area contributed by atoms with Crippen LogP contribution in [0.4, 0.5) is 11.4 Å². The Morgan fingerprint density at radius 2 is 1.72 bits per heavy atom. The van der Waals surface area contributed by atoms with Gasteiger partial charge in [-0.3, -0.25) is 9.59 Å². The molecule has 1 rings (SSSR count). The molecule has 0 spiro atoms. The molecule has 0 aromatic heterocycles. The molecule has 98 valence electrons. The first-order valence-corrected chi connectivity index (χ1v) is 5.90. The van der Waals surface area contributed by atoms with E-state index in [-0.39, 0.29) is 11.8 Å². The minimum absolute atomic E-state index is 0.0554. The zero-order valence-electron chi connectivity index (χ0n) is 11.5. The smallest absolute Gasteiger partial charge is 0.229 e. The predicted octanol–water partition coefficient (Wildman–Crippen LogP) is 2.94. The fraction of sp³-hybridized carbons (Fsp3) is 0.429. The number of benzene rings is 1. The summed E-state index contributed by atoms with van der Waals surface area (Å²) in [6.07, 6.45) is 0. The summed E-state index contributed by atoms with van der Waals surface area (Å²) in [5, 5.41) is 5.57. The minimum atomic E-state index is -0.445. The Morgan fingerprint density at radius 1 is 1.11 bits per heavy atom. The molecule has 2 amide bonds. The van der Waals surface area contributed by atoms with Crippen LogP contribution in [0.15, 0.2) is 18.2 Å². The third kappa shape index (κ3) is 3.87. The van der Waals surface area contributed by atoms with Gasteiger partial charge < -0.3 is 10.6 Å². The van der Waals surface area contributed by atoms with Crippen molar-refractivity contribution in [1.29, 1.82) is 0 Å². The highest BCUT2D eigenvalue weighted by atomic mass is 16.2. The van der Waals surface area contributed by atoms with Crippen molar-refractivity contribution in [2.45, 2.75) is 34.6 Å². The van der Waals surface area contributed by atoms with E-state index in [1.54, 1.807) is 6.07 Å². The third-order valence-corrected chi connectivity index (χ3v) is 2.49. The van der Waals surface area contributed by atoms with Gasteiger partial charge in [-0.05, 0) is 24.6 Å². The molecule has 1 aromatic carbocycles. The maximum atomic E-state index is 11.9. The van der Waals surface area contributed by atoms with Crippen molar-refractivity contribution in [1.82, 2.24) is 0 Å². The van der Waals surface area contributed by atoms with Gasteiger partial charge in [0.05, 0.1) is 0 Å². The number of hydrogen-bond acceptors (Lipinski definition) is 2. The second kappa shape index (κ2) is 5.21. The summed E-state index contributed by atoms with van der Waals surface area (Å²) in [7, 11) is 0. The molecule has 0 aliphatic rings. The maximum Gasteiger partial charge on any atom is 0.229 e. The van der Waals surface area contributed by atoms with Gasteiger partial charge in [-0.25, -0.2) is 0 Å². The van der Waals surface area contributed by atoms with Crippen LogP contribution in [0.3, 0.4) is 0 Å². The molecule has 0 aliphatic carbocycles. The number of carbonyl (C=O) groups is 2. The van der Waals surface area contributed by atoms with Gasteiger partial charge in [0.25, 0.3) is 0 Å². The van der Waals surface area contributed by atoms with E-state index in [2.05, 4.69) is 10.6 Å². The molecule has 0 unspecified atom stereocenters. The lowest BCUT2D eigenvalue weighted by atomic mass is 9.95. The normalized spacial score (nSPS) is 10.9. The Bertz CT molecular complexity index is 473. The second-order valence-electron chi connectivity index (χ2n) is 5.42. The van der Waals surface area contributed by atoms with Crippen LogP contribution < -0.4 is 10.6 Å². The second-order valence-corrected chi connectivity index (χ2v) is 5.42. The molecule has 4 heteroatoms. The highest BCUT2D eigenvalue weighted by molar-refractivity contribution is 5.96. The highest BCUT2D eigenvalue weighted by Crippen LogP contribution is 2.22. The van der Waals surface area contributed by atoms with Crippen molar-refractivity contribution < 1.29 is 9.59 Å². The van der Waals surface area contributed by atoms with Gasteiger partial charge in [0.1, 0.15) is 0 Å². The van der Waals surface area contributed by atoms with Crippen LogP contribution in [0.5, 0.6) is 0 Å². The monoisotopic (exact) mass is 248 g/mol. The van der Waals surface area contributed by atoms with E-state index in [0.717, 1.165) is 5.56 Å². The van der Waals surface area contributed by atoms with Crippen LogP contribution in [0.2, 0.25) is 0 Å². The van der Waals surface area contributed by atoms with E-state index < -0.39 is 5.41 Å². The zero-order valence-corrected chi connectivity index (χ0v) is 11.5. The van der Waals surface area contributed by atoms with Crippen LogP contribution >= 0.6 is 0 Å². The largest absolute Gasteiger partial charge is 0.326 e. The SMILES string of the molecule is CC(=O)Nc1cc(NC(=O)C(C)(C)C)ccc1C. The van der Waals surface area contributed by atoms with Crippen molar-refractivity contribution in [3.63, 3.8) is 0 Å². The van der Waals surface area contributed by atoms with Crippen molar-refractivity contribution >= 4 is 23.2 Å². The number of hydrogen-bond donors (Lipinski definition) is 2. The molecule has 18 heavy (non-hydrogen) atoms. The van der Waals surface area contributed by atoms with E-state index in [1.807, 2.05) is 39.8 Å². The lowest BCUT2D eigenvalue weighted by molar-refractivity contribution is -0.123. The van der Waals surface area contributed by atoms with Gasteiger partial charge in [-0.2, -0.15) is 0 Å². The number of anilines is 2. The van der Waals surface area contributed by atoms with Gasteiger partial charge in [-0.1, -0.05) is 26.8 Å². The van der Waals surface area contributed by atoms with Gasteiger partial charge >= 0.3 is 0 Å². The molecule has 0 fully saturated rings. The molecule has 0 saturated carbocycles. The molecule has 0 aliphatic heterocycles. The topological polar surface area (TPSA) is 58.2 Å². The molecule has 0 radical (unpaired) electrons. The van der Waals surface area contributed by atoms with Crippen molar-refractivity contribution in [2.75, 3.05) is 10.6 Å². The Balaban J connectivity index is 2.92. The Kier molecular flexibility index (Phi) is 4.11. The van der Waals surface area contributed by atoms with Crippen LogP contribution in [0, 0.1) is 12.3 Å². The highest BCUT2D eigenvalue weighted by Gasteiger charge is 2.21. The van der Waals surface area contributed by atoms with Gasteiger partial charge in [0, 0.05) is 23.7 Å². The fourth-order valence-corrected chi connectivity index (χ4v) is 1.34. The van der Waals surface area contributed by atoms with E-state index in [0.29, 0.717) is 11.4 Å². The summed E-state index contributed by atoms with van der Waals surface area (Å²) < 4.78 is 0. The molecular formula is C14H20N2O2. The first-order valence-electron chi connectivity index (χ1n) is 5.90. The molecule has 1 aromatic rings. The summed E-state index contributed by atoms with van der Waals surface area (Å²) in [5.74, 6) is -0.183. The average molecular weight is 248 g/mol. The summed E-state index contributed by atoms with van der Waals surface area (Å²) in [6, 6.07) is 5.45. The standard InChI is InChI=1S/C14H20N2O2/c1-9-6-7-11(8-12(9)15-10(2)17)16-13(18)14(3,4)5/h6-8H,1-5H3,(H,15,17)(H,16,18). The number of carbonyl (C=O) groups excluding carboxylic acids is 2. The number of aryl methyl sites for hydroxylation is 1. The van der Waals surface area contributed by atoms with E-state index in [9.17, 15) is 9.59 Å². The molecule has 0 atom stereocenters. The van der Waals surface area contributed by atoms with Crippen molar-refractivity contribution in [3.8, 4) is 0 Å². The molecule has 2 N–H and O–H groups in total. The summed E-state index contributed by atoms with van der Waals surface area (Å²) in [4.78, 5) is 22.9. The first kappa shape index (κ1) is 14.2. The lowest BCUT2D eigenvalue weighted by Gasteiger charge is -2.18. The number of rotatable bonds is 2. The Hall–Kier alpha value is -1.84. The quantitative estimate of drug-likeness (QED) is 0.845. The van der Waals surface area contributed by atoms with Gasteiger partial charge in [0.15, 0.2) is 0 Å². The average Bonchev–Trinajstić information content (AvgIpc) is 2.20. The molecule has 0 heterocycles. The van der Waals surface area contributed by atoms with Crippen LogP contribution in [-0.2, 0) is 9.59 Å². The van der Waals surface area contributed by atoms with E-state index >= 15 is 0 Å². The summed E-state index contributed by atoms with van der Waals surface area (Å²) in [6.45, 7) is 8.92. The van der Waals surface area contributed by atoms with E-state index in [1.165, 1.54) is 6.92 Å². The van der Waals surface area contributed by atoms with Crippen LogP contribution in [0.1, 0.15) is 33.3 Å². The van der Waals surface area contributed by atoms with Crippen molar-refractivity contribution in [2.24, 2.45) is 5.41 Å². The van der Waals surface area contributed by atoms with E-state index in [4.69, 9.17) is 0 Å². The first-order chi connectivity index (χ1) is 8.20. The Morgan fingerprint density at radius 3 is 2.22 bits per heavy atom. The molecule has 4 nitrogen and oxygen atoms in total. The van der Waals surface area contributed by atoms with Crippen LogP contribution in [0.25, 0.3) is 0 Å². The zero-order chi connectivity index (χ0) is 13.9. The van der Waals surface area contributed by atoms with Crippen molar-refractivity contribution in [3.05, 3.63) is 23.8 Å². The fourth-order valence-electron chi connectivity index (χ4n) is 1.34. The predicted molar refractivity (Wildman–Crippen MR) is 73.6 cm³/mol. The number of amides is 2. The van der Waals surface area contributed by atoms with Gasteiger partial charge in [0.2, 0.25) is 11.8 Å². The van der Waals surface area contributed by atoms with Gasteiger partial charge in [-0.15, -0.1) is 0 Å². The molecule has 0 bridgehead atoms. The third-order valence-electron chi connectivity index (χ3n) is 2.49. The van der Waals surface area contributed by atoms with Crippen LogP contribution in [-0.4, -0.2) is 11.8 Å².